The van der Waals surface area contributed by atoms with Crippen LogP contribution in [0.3, 0.4) is 0 Å². The summed E-state index contributed by atoms with van der Waals surface area (Å²) in [6, 6.07) is -0.339. The molecular weight excluding hydrogens is 210 g/mol. The normalized spacial score (nSPS) is 11.9. The summed E-state index contributed by atoms with van der Waals surface area (Å²) in [5, 5.41) is 2.97. The zero-order valence-electron chi connectivity index (χ0n) is 10.2. The van der Waals surface area contributed by atoms with Crippen molar-refractivity contribution in [1.29, 1.82) is 0 Å². The van der Waals surface area contributed by atoms with Crippen LogP contribution in [-0.2, 0) is 19.1 Å². The Hall–Kier alpha value is -1.10. The Labute approximate surface area is 96.5 Å². The van der Waals surface area contributed by atoms with E-state index in [9.17, 15) is 9.59 Å². The van der Waals surface area contributed by atoms with E-state index >= 15 is 0 Å². The topological polar surface area (TPSA) is 64.6 Å². The number of hydrogen-bond acceptors (Lipinski definition) is 5. The van der Waals surface area contributed by atoms with Crippen molar-refractivity contribution in [2.45, 2.75) is 39.7 Å². The predicted molar refractivity (Wildman–Crippen MR) is 60.0 cm³/mol. The molecular formula is C11H21NO4. The average Bonchev–Trinajstić information content (AvgIpc) is 2.25. The molecule has 0 aromatic carbocycles. The molecule has 0 saturated heterocycles. The standard InChI is InChI=1S/C11H21NO4/c1-4-9(11(14)16-6-3)12-8-7-10(13)15-5-2/h9,12H,4-8H2,1-3H3. The molecule has 0 spiro atoms. The van der Waals surface area contributed by atoms with Gasteiger partial charge >= 0.3 is 11.9 Å². The van der Waals surface area contributed by atoms with Gasteiger partial charge in [0.2, 0.25) is 0 Å². The average molecular weight is 231 g/mol. The second-order valence-corrected chi connectivity index (χ2v) is 3.22. The molecule has 94 valence electrons. The van der Waals surface area contributed by atoms with Gasteiger partial charge < -0.3 is 14.8 Å². The van der Waals surface area contributed by atoms with Gasteiger partial charge in [0.1, 0.15) is 6.04 Å². The predicted octanol–water partition coefficient (Wildman–Crippen LogP) is 0.871. The van der Waals surface area contributed by atoms with Crippen LogP contribution >= 0.6 is 0 Å². The largest absolute Gasteiger partial charge is 0.466 e. The molecule has 0 aliphatic carbocycles. The first-order valence-electron chi connectivity index (χ1n) is 5.71. The molecule has 0 radical (unpaired) electrons. The van der Waals surface area contributed by atoms with Crippen molar-refractivity contribution in [1.82, 2.24) is 5.32 Å². The maximum absolute atomic E-state index is 11.4. The summed E-state index contributed by atoms with van der Waals surface area (Å²) in [5.74, 6) is -0.525. The monoisotopic (exact) mass is 231 g/mol. The molecule has 1 N–H and O–H groups in total. The van der Waals surface area contributed by atoms with Gasteiger partial charge in [0, 0.05) is 6.54 Å². The highest BCUT2D eigenvalue weighted by Crippen LogP contribution is 1.95. The minimum atomic E-state index is -0.339. The first kappa shape index (κ1) is 14.9. The third-order valence-corrected chi connectivity index (χ3v) is 2.00. The first-order valence-corrected chi connectivity index (χ1v) is 5.71. The van der Waals surface area contributed by atoms with Gasteiger partial charge in [-0.3, -0.25) is 9.59 Å². The zero-order valence-corrected chi connectivity index (χ0v) is 10.2. The molecule has 0 bridgehead atoms. The number of carbonyl (C=O) groups is 2. The molecule has 16 heavy (non-hydrogen) atoms. The fourth-order valence-corrected chi connectivity index (χ4v) is 1.22. The van der Waals surface area contributed by atoms with Crippen LogP contribution in [0.25, 0.3) is 0 Å². The lowest BCUT2D eigenvalue weighted by molar-refractivity contribution is -0.147. The lowest BCUT2D eigenvalue weighted by Crippen LogP contribution is -2.38. The van der Waals surface area contributed by atoms with Crippen LogP contribution in [-0.4, -0.2) is 37.7 Å². The molecule has 1 unspecified atom stereocenters. The van der Waals surface area contributed by atoms with Gasteiger partial charge in [-0.2, -0.15) is 0 Å². The molecule has 0 saturated carbocycles. The van der Waals surface area contributed by atoms with Crippen molar-refractivity contribution in [2.75, 3.05) is 19.8 Å². The maximum atomic E-state index is 11.4. The van der Waals surface area contributed by atoms with Crippen molar-refractivity contribution in [3.05, 3.63) is 0 Å². The van der Waals surface area contributed by atoms with Gasteiger partial charge in [-0.25, -0.2) is 0 Å². The van der Waals surface area contributed by atoms with Gasteiger partial charge in [0.05, 0.1) is 19.6 Å². The number of esters is 2. The van der Waals surface area contributed by atoms with Crippen molar-refractivity contribution >= 4 is 11.9 Å². The van der Waals surface area contributed by atoms with Crippen LogP contribution in [0.2, 0.25) is 0 Å². The molecule has 0 aromatic rings. The van der Waals surface area contributed by atoms with Gasteiger partial charge in [0.25, 0.3) is 0 Å². The molecule has 0 fully saturated rings. The van der Waals surface area contributed by atoms with Gasteiger partial charge in [-0.15, -0.1) is 0 Å². The lowest BCUT2D eigenvalue weighted by Gasteiger charge is -2.14. The quantitative estimate of drug-likeness (QED) is 0.628. The highest BCUT2D eigenvalue weighted by Gasteiger charge is 2.16. The summed E-state index contributed by atoms with van der Waals surface area (Å²) in [5.41, 5.74) is 0. The van der Waals surface area contributed by atoms with Crippen molar-refractivity contribution in [3.8, 4) is 0 Å². The minimum absolute atomic E-state index is 0.256. The van der Waals surface area contributed by atoms with E-state index in [2.05, 4.69) is 5.32 Å². The lowest BCUT2D eigenvalue weighted by atomic mass is 10.2. The molecule has 5 heteroatoms. The third-order valence-electron chi connectivity index (χ3n) is 2.00. The van der Waals surface area contributed by atoms with E-state index in [1.807, 2.05) is 6.92 Å². The maximum Gasteiger partial charge on any atom is 0.323 e. The van der Waals surface area contributed by atoms with Crippen LogP contribution in [0, 0.1) is 0 Å². The number of carbonyl (C=O) groups excluding carboxylic acids is 2. The van der Waals surface area contributed by atoms with Crippen LogP contribution in [0.5, 0.6) is 0 Å². The SMILES string of the molecule is CCOC(=O)CCNC(CC)C(=O)OCC. The van der Waals surface area contributed by atoms with Gasteiger partial charge in [-0.05, 0) is 20.3 Å². The summed E-state index contributed by atoms with van der Waals surface area (Å²) in [4.78, 5) is 22.4. The van der Waals surface area contributed by atoms with E-state index < -0.39 is 0 Å². The number of ether oxygens (including phenoxy) is 2. The fraction of sp³-hybridized carbons (Fsp3) is 0.818. The van der Waals surface area contributed by atoms with Gasteiger partial charge in [-0.1, -0.05) is 6.92 Å². The summed E-state index contributed by atoms with van der Waals surface area (Å²) in [6.07, 6.45) is 0.908. The fourth-order valence-electron chi connectivity index (χ4n) is 1.22. The van der Waals surface area contributed by atoms with Crippen molar-refractivity contribution in [3.63, 3.8) is 0 Å². The Kier molecular flexibility index (Phi) is 8.52. The van der Waals surface area contributed by atoms with Crippen LogP contribution in [0.15, 0.2) is 0 Å². The van der Waals surface area contributed by atoms with E-state index in [1.165, 1.54) is 0 Å². The molecule has 0 aromatic heterocycles. The summed E-state index contributed by atoms with van der Waals surface area (Å²) < 4.78 is 9.65. The highest BCUT2D eigenvalue weighted by molar-refractivity contribution is 5.75. The van der Waals surface area contributed by atoms with Crippen molar-refractivity contribution in [2.24, 2.45) is 0 Å². The Morgan fingerprint density at radius 3 is 2.25 bits per heavy atom. The summed E-state index contributed by atoms with van der Waals surface area (Å²) in [7, 11) is 0. The molecule has 0 aliphatic rings. The minimum Gasteiger partial charge on any atom is -0.466 e. The molecule has 0 amide bonds. The molecule has 0 heterocycles. The number of hydrogen-bond donors (Lipinski definition) is 1. The molecule has 1 atom stereocenters. The van der Waals surface area contributed by atoms with Crippen molar-refractivity contribution < 1.29 is 19.1 Å². The van der Waals surface area contributed by atoms with E-state index in [-0.39, 0.29) is 24.4 Å². The highest BCUT2D eigenvalue weighted by atomic mass is 16.5. The van der Waals surface area contributed by atoms with E-state index in [1.54, 1.807) is 13.8 Å². The Bertz CT molecular complexity index is 218. The number of rotatable bonds is 8. The van der Waals surface area contributed by atoms with E-state index in [0.29, 0.717) is 26.2 Å². The molecule has 0 aliphatic heterocycles. The Morgan fingerprint density at radius 2 is 1.75 bits per heavy atom. The first-order chi connectivity index (χ1) is 7.65. The summed E-state index contributed by atoms with van der Waals surface area (Å²) in [6.45, 7) is 6.60. The van der Waals surface area contributed by atoms with Gasteiger partial charge in [0.15, 0.2) is 0 Å². The van der Waals surface area contributed by atoms with E-state index in [4.69, 9.17) is 9.47 Å². The molecule has 0 rings (SSSR count). The third kappa shape index (κ3) is 6.40. The zero-order chi connectivity index (χ0) is 12.4. The van der Waals surface area contributed by atoms with E-state index in [0.717, 1.165) is 0 Å². The van der Waals surface area contributed by atoms with Crippen LogP contribution in [0.4, 0.5) is 0 Å². The second kappa shape index (κ2) is 9.15. The second-order valence-electron chi connectivity index (χ2n) is 3.22. The van der Waals surface area contributed by atoms with Crippen LogP contribution in [0.1, 0.15) is 33.6 Å². The number of nitrogens with one attached hydrogen (secondary N) is 1. The Morgan fingerprint density at radius 1 is 1.12 bits per heavy atom. The smallest absolute Gasteiger partial charge is 0.323 e. The Balaban J connectivity index is 3.78. The summed E-state index contributed by atoms with van der Waals surface area (Å²) >= 11 is 0. The van der Waals surface area contributed by atoms with Crippen LogP contribution < -0.4 is 5.32 Å². The molecule has 5 nitrogen and oxygen atoms in total.